The van der Waals surface area contributed by atoms with E-state index in [2.05, 4.69) is 48.6 Å². The molecular formula is C16H17BrN2O2S2. The van der Waals surface area contributed by atoms with E-state index in [0.29, 0.717) is 0 Å². The molecule has 0 unspecified atom stereocenters. The molecule has 0 saturated carbocycles. The molecule has 1 N–H and O–H groups in total. The Labute approximate surface area is 153 Å². The van der Waals surface area contributed by atoms with E-state index in [1.165, 1.54) is 4.90 Å². The van der Waals surface area contributed by atoms with Gasteiger partial charge in [0.1, 0.15) is 5.57 Å². The van der Waals surface area contributed by atoms with Gasteiger partial charge >= 0.3 is 0 Å². The molecule has 2 rings (SSSR count). The van der Waals surface area contributed by atoms with Gasteiger partial charge in [-0.05, 0) is 45.7 Å². The van der Waals surface area contributed by atoms with Crippen LogP contribution in [0, 0.1) is 0 Å². The van der Waals surface area contributed by atoms with Crippen molar-refractivity contribution in [3.05, 3.63) is 38.5 Å². The van der Waals surface area contributed by atoms with Crippen LogP contribution in [0.1, 0.15) is 30.5 Å². The SMILES string of the molecule is C=CCN1C(=O)/C(=C/c2cc(Br)c(C(C)(C)C)s2)C(=O)NC1=S. The lowest BCUT2D eigenvalue weighted by molar-refractivity contribution is -0.128. The van der Waals surface area contributed by atoms with Crippen LogP contribution in [0.15, 0.2) is 28.8 Å². The molecule has 0 spiro atoms. The Morgan fingerprint density at radius 3 is 2.61 bits per heavy atom. The summed E-state index contributed by atoms with van der Waals surface area (Å²) >= 11 is 10.1. The van der Waals surface area contributed by atoms with Crippen LogP contribution in [-0.2, 0) is 15.0 Å². The minimum atomic E-state index is -0.470. The molecule has 0 radical (unpaired) electrons. The first kappa shape index (κ1) is 18.0. The fraction of sp³-hybridized carbons (Fsp3) is 0.312. The maximum Gasteiger partial charge on any atom is 0.265 e. The Kier molecular flexibility index (Phi) is 5.23. The molecule has 1 aliphatic heterocycles. The van der Waals surface area contributed by atoms with Gasteiger partial charge in [0, 0.05) is 20.8 Å². The smallest absolute Gasteiger partial charge is 0.265 e. The summed E-state index contributed by atoms with van der Waals surface area (Å²) in [6.45, 7) is 10.2. The van der Waals surface area contributed by atoms with Crippen molar-refractivity contribution in [2.45, 2.75) is 26.2 Å². The molecule has 7 heteroatoms. The molecule has 0 aromatic carbocycles. The van der Waals surface area contributed by atoms with Gasteiger partial charge in [-0.25, -0.2) is 0 Å². The van der Waals surface area contributed by atoms with Crippen LogP contribution >= 0.6 is 39.5 Å². The van der Waals surface area contributed by atoms with Crippen LogP contribution < -0.4 is 5.32 Å². The third-order valence-electron chi connectivity index (χ3n) is 3.17. The highest BCUT2D eigenvalue weighted by molar-refractivity contribution is 9.10. The van der Waals surface area contributed by atoms with Gasteiger partial charge in [-0.3, -0.25) is 19.8 Å². The van der Waals surface area contributed by atoms with E-state index < -0.39 is 11.8 Å². The van der Waals surface area contributed by atoms with Crippen LogP contribution in [0.2, 0.25) is 0 Å². The summed E-state index contributed by atoms with van der Waals surface area (Å²) in [5.74, 6) is -0.873. The highest BCUT2D eigenvalue weighted by Gasteiger charge is 2.33. The standard InChI is InChI=1S/C16H17BrN2O2S2/c1-5-6-19-14(21)10(13(20)18-15(19)22)7-9-8-11(17)12(23-9)16(2,3)4/h5,7-8H,1,6H2,2-4H3,(H,18,20,22)/b10-7+. The van der Waals surface area contributed by atoms with Crippen molar-refractivity contribution in [3.63, 3.8) is 0 Å². The van der Waals surface area contributed by atoms with Crippen LogP contribution in [0.3, 0.4) is 0 Å². The number of carbonyl (C=O) groups is 2. The minimum absolute atomic E-state index is 0.0183. The average Bonchev–Trinajstić information content (AvgIpc) is 2.80. The predicted octanol–water partition coefficient (Wildman–Crippen LogP) is 3.62. The van der Waals surface area contributed by atoms with E-state index in [1.807, 2.05) is 6.07 Å². The molecule has 2 heterocycles. The van der Waals surface area contributed by atoms with E-state index in [0.717, 1.165) is 14.2 Å². The molecule has 4 nitrogen and oxygen atoms in total. The van der Waals surface area contributed by atoms with Gasteiger partial charge in [0.15, 0.2) is 5.11 Å². The first-order valence-corrected chi connectivity index (χ1v) is 8.96. The van der Waals surface area contributed by atoms with E-state index in [1.54, 1.807) is 23.5 Å². The van der Waals surface area contributed by atoms with Crippen LogP contribution in [0.4, 0.5) is 0 Å². The minimum Gasteiger partial charge on any atom is -0.298 e. The number of thiocarbonyl (C=S) groups is 1. The maximum absolute atomic E-state index is 12.5. The molecule has 2 amide bonds. The van der Waals surface area contributed by atoms with Gasteiger partial charge in [0.05, 0.1) is 0 Å². The van der Waals surface area contributed by atoms with Crippen molar-refractivity contribution in [1.82, 2.24) is 10.2 Å². The normalized spacial score (nSPS) is 17.7. The van der Waals surface area contributed by atoms with E-state index >= 15 is 0 Å². The van der Waals surface area contributed by atoms with Crippen molar-refractivity contribution >= 4 is 62.5 Å². The number of nitrogens with one attached hydrogen (secondary N) is 1. The lowest BCUT2D eigenvalue weighted by Gasteiger charge is -2.27. The zero-order valence-corrected chi connectivity index (χ0v) is 16.3. The highest BCUT2D eigenvalue weighted by atomic mass is 79.9. The first-order valence-electron chi connectivity index (χ1n) is 6.94. The van der Waals surface area contributed by atoms with Crippen molar-refractivity contribution in [3.8, 4) is 0 Å². The largest absolute Gasteiger partial charge is 0.298 e. The topological polar surface area (TPSA) is 49.4 Å². The number of rotatable bonds is 3. The summed E-state index contributed by atoms with van der Waals surface area (Å²) in [6.07, 6.45) is 3.18. The lowest BCUT2D eigenvalue weighted by atomic mass is 9.95. The van der Waals surface area contributed by atoms with Crippen LogP contribution in [0.25, 0.3) is 6.08 Å². The molecule has 1 saturated heterocycles. The molecule has 1 aromatic rings. The Morgan fingerprint density at radius 2 is 2.09 bits per heavy atom. The number of thiophene rings is 1. The van der Waals surface area contributed by atoms with Gasteiger partial charge in [-0.1, -0.05) is 26.8 Å². The van der Waals surface area contributed by atoms with Crippen LogP contribution in [-0.4, -0.2) is 28.4 Å². The molecule has 1 fully saturated rings. The Balaban J connectivity index is 2.41. The quantitative estimate of drug-likeness (QED) is 0.357. The molecule has 23 heavy (non-hydrogen) atoms. The second-order valence-corrected chi connectivity index (χ2v) is 8.42. The second-order valence-electron chi connectivity index (χ2n) is 6.10. The van der Waals surface area contributed by atoms with E-state index in [4.69, 9.17) is 12.2 Å². The van der Waals surface area contributed by atoms with Crippen molar-refractivity contribution in [2.75, 3.05) is 6.54 Å². The van der Waals surface area contributed by atoms with E-state index in [9.17, 15) is 9.59 Å². The third-order valence-corrected chi connectivity index (χ3v) is 5.89. The summed E-state index contributed by atoms with van der Waals surface area (Å²) in [5.41, 5.74) is 0.0601. The second kappa shape index (κ2) is 6.67. The molecule has 0 bridgehead atoms. The molecule has 1 aliphatic rings. The molecule has 122 valence electrons. The van der Waals surface area contributed by atoms with Gasteiger partial charge in [0.2, 0.25) is 0 Å². The number of nitrogens with zero attached hydrogens (tertiary/aromatic N) is 1. The Hall–Kier alpha value is -1.31. The Bertz CT molecular complexity index is 729. The van der Waals surface area contributed by atoms with Gasteiger partial charge in [-0.15, -0.1) is 17.9 Å². The van der Waals surface area contributed by atoms with Gasteiger partial charge in [-0.2, -0.15) is 0 Å². The molecule has 0 aliphatic carbocycles. The van der Waals surface area contributed by atoms with Crippen molar-refractivity contribution in [2.24, 2.45) is 0 Å². The number of hydrogen-bond donors (Lipinski definition) is 1. The fourth-order valence-corrected chi connectivity index (χ4v) is 4.64. The molecular weight excluding hydrogens is 396 g/mol. The zero-order chi connectivity index (χ0) is 17.4. The number of hydrogen-bond acceptors (Lipinski definition) is 4. The Morgan fingerprint density at radius 1 is 1.43 bits per heavy atom. The summed E-state index contributed by atoms with van der Waals surface area (Å²) < 4.78 is 0.976. The molecule has 0 atom stereocenters. The van der Waals surface area contributed by atoms with Gasteiger partial charge in [0.25, 0.3) is 11.8 Å². The molecule has 1 aromatic heterocycles. The van der Waals surface area contributed by atoms with E-state index in [-0.39, 0.29) is 22.6 Å². The van der Waals surface area contributed by atoms with Gasteiger partial charge < -0.3 is 0 Å². The summed E-state index contributed by atoms with van der Waals surface area (Å²) in [7, 11) is 0. The fourth-order valence-electron chi connectivity index (χ4n) is 2.10. The first-order chi connectivity index (χ1) is 10.6. The number of halogens is 1. The predicted molar refractivity (Wildman–Crippen MR) is 101 cm³/mol. The monoisotopic (exact) mass is 412 g/mol. The van der Waals surface area contributed by atoms with Crippen molar-refractivity contribution in [1.29, 1.82) is 0 Å². The maximum atomic E-state index is 12.5. The lowest BCUT2D eigenvalue weighted by Crippen LogP contribution is -2.53. The third kappa shape index (κ3) is 3.79. The number of carbonyl (C=O) groups excluding carboxylic acids is 2. The average molecular weight is 413 g/mol. The summed E-state index contributed by atoms with van der Waals surface area (Å²) in [5, 5.41) is 2.65. The summed E-state index contributed by atoms with van der Waals surface area (Å²) in [6, 6.07) is 1.92. The summed E-state index contributed by atoms with van der Waals surface area (Å²) in [4.78, 5) is 27.9. The van der Waals surface area contributed by atoms with Crippen LogP contribution in [0.5, 0.6) is 0 Å². The zero-order valence-electron chi connectivity index (χ0n) is 13.1. The van der Waals surface area contributed by atoms with Crippen molar-refractivity contribution < 1.29 is 9.59 Å². The highest BCUT2D eigenvalue weighted by Crippen LogP contribution is 2.38. The number of amides is 2.